The van der Waals surface area contributed by atoms with Gasteiger partial charge in [0, 0.05) is 137 Å². The number of carbonyl (C=O) groups is 6. The van der Waals surface area contributed by atoms with E-state index in [1.165, 1.54) is 58.2 Å². The molecule has 676 valence electrons. The molecule has 12 aliphatic rings. The largest absolute Gasteiger partial charge is 0.490 e. The summed E-state index contributed by atoms with van der Waals surface area (Å²) in [5.41, 5.74) is 2.92. The van der Waals surface area contributed by atoms with Crippen LogP contribution in [0.2, 0.25) is 10.0 Å². The topological polar surface area (TPSA) is 336 Å². The fraction of sp³-hybridized carbons (Fsp3) is 0.565. The van der Waals surface area contributed by atoms with Gasteiger partial charge in [0.25, 0.3) is 23.6 Å². The van der Waals surface area contributed by atoms with Crippen LogP contribution in [0.15, 0.2) is 118 Å². The molecule has 2 unspecified atom stereocenters. The van der Waals surface area contributed by atoms with Gasteiger partial charge in [-0.1, -0.05) is 73.5 Å². The van der Waals surface area contributed by atoms with Crippen LogP contribution in [-0.4, -0.2) is 260 Å². The Labute approximate surface area is 746 Å². The van der Waals surface area contributed by atoms with Gasteiger partial charge in [0.1, 0.15) is 42.5 Å². The molecule has 2 saturated carbocycles. The molecular weight excluding hydrogens is 1690 g/mol. The van der Waals surface area contributed by atoms with E-state index in [-0.39, 0.29) is 118 Å². The number of aliphatic hydroxyl groups is 2. The zero-order valence-electron chi connectivity index (χ0n) is 72.6. The number of methoxy groups -OCH3 is 2. The number of allylic oxidation sites excluding steroid dienone is 2. The van der Waals surface area contributed by atoms with E-state index in [4.69, 9.17) is 51.6 Å². The number of carbonyl (C=O) groups excluding carboxylic acids is 6. The summed E-state index contributed by atoms with van der Waals surface area (Å²) < 4.78 is 82.0. The number of benzene rings is 4. The molecule has 2 spiro atoms. The summed E-state index contributed by atoms with van der Waals surface area (Å²) in [5, 5.41) is 35.6. The first-order valence-electron chi connectivity index (χ1n) is 44.5. The summed E-state index contributed by atoms with van der Waals surface area (Å²) in [6, 6.07) is 22.8. The Morgan fingerprint density at radius 2 is 0.992 bits per heavy atom. The maximum atomic E-state index is 14.9. The van der Waals surface area contributed by atoms with Crippen molar-refractivity contribution >= 4 is 89.8 Å². The van der Waals surface area contributed by atoms with E-state index in [1.807, 2.05) is 47.9 Å². The fourth-order valence-electron chi connectivity index (χ4n) is 21.7. The highest BCUT2D eigenvalue weighted by molar-refractivity contribution is 7.92. The van der Waals surface area contributed by atoms with E-state index in [9.17, 15) is 47.4 Å². The number of fused-ring (bicyclic) bond motifs is 10. The Hall–Kier alpha value is -8.96. The van der Waals surface area contributed by atoms with Gasteiger partial charge in [0.2, 0.25) is 23.6 Å². The molecule has 6 fully saturated rings. The van der Waals surface area contributed by atoms with E-state index in [0.29, 0.717) is 138 Å². The third kappa shape index (κ3) is 18.7. The normalized spacial score (nSPS) is 31.5. The molecule has 4 aromatic carbocycles. The monoisotopic (exact) mass is 1810 g/mol. The van der Waals surface area contributed by atoms with Crippen LogP contribution >= 0.6 is 23.2 Å². The van der Waals surface area contributed by atoms with Crippen LogP contribution in [-0.2, 0) is 76.7 Å². The standard InChI is InChI=1S/2C46H58ClN7O8S/c2*1-30-6-4-15-46(58,22-41(55)53-17-16-52-18-19-61-26-35(52)24-53)38-11-8-33(38)23-54-28-45(14-5-7-31-20-34(47)10-12-37(31)45)29-62-40-13-9-32(21-39(40)54)42(56)49-63(59,27-30)50-43(57)36-25-51(2)48-44(36)60-3/h2*4,9-10,12-13,15,20-21,25,30,33,35,38,58H,5-8,11,14,16-19,22-24,26-29H2,1-3H3,(H,49,50,56,57,59)/b2*15-4+/t30-,33-,35-,38+,45-,46+,63?;30-,33-,35-,38+,45-,46-,63?/m00/s1. The molecule has 6 aromatic rings. The molecule has 18 rings (SSSR count). The van der Waals surface area contributed by atoms with Crippen molar-refractivity contribution in [2.24, 2.45) is 58.3 Å². The van der Waals surface area contributed by atoms with Gasteiger partial charge in [-0.25, -0.2) is 8.42 Å². The number of hydrogen-bond acceptors (Lipinski definition) is 22. The minimum atomic E-state index is -3.75. The lowest BCUT2D eigenvalue weighted by Gasteiger charge is -2.50. The van der Waals surface area contributed by atoms with E-state index in [0.717, 1.165) is 90.4 Å². The average Bonchev–Trinajstić information content (AvgIpc) is 1.52. The van der Waals surface area contributed by atoms with Crippen molar-refractivity contribution in [2.75, 3.05) is 154 Å². The molecule has 14 atom stereocenters. The van der Waals surface area contributed by atoms with E-state index < -0.39 is 65.5 Å². The van der Waals surface area contributed by atoms with Crippen molar-refractivity contribution in [3.8, 4) is 23.3 Å². The maximum Gasteiger partial charge on any atom is 0.286 e. The van der Waals surface area contributed by atoms with E-state index in [1.54, 1.807) is 62.6 Å². The summed E-state index contributed by atoms with van der Waals surface area (Å²) in [6.07, 6.45) is 19.4. The molecule has 30 nitrogen and oxygen atoms in total. The quantitative estimate of drug-likeness (QED) is 0.0927. The molecule has 10 heterocycles. The Balaban J connectivity index is 0.000000178. The lowest BCUT2D eigenvalue weighted by molar-refractivity contribution is -0.146. The number of aromatic nitrogens is 4. The Morgan fingerprint density at radius 3 is 1.40 bits per heavy atom. The van der Waals surface area contributed by atoms with Gasteiger partial charge < -0.3 is 58.2 Å². The van der Waals surface area contributed by atoms with Gasteiger partial charge in [-0.2, -0.15) is 0 Å². The van der Waals surface area contributed by atoms with Crippen molar-refractivity contribution < 1.29 is 75.8 Å². The molecule has 34 heteroatoms. The lowest BCUT2D eigenvalue weighted by atomic mass is 9.63. The predicted octanol–water partition coefficient (Wildman–Crippen LogP) is 9.59. The minimum Gasteiger partial charge on any atom is -0.490 e. The highest BCUT2D eigenvalue weighted by Crippen LogP contribution is 2.53. The zero-order valence-corrected chi connectivity index (χ0v) is 75.7. The number of anilines is 2. The van der Waals surface area contributed by atoms with Crippen LogP contribution in [0.25, 0.3) is 0 Å². The second-order valence-electron chi connectivity index (χ2n) is 37.2. The number of nitrogens with zero attached hydrogens (tertiary/aromatic N) is 12. The summed E-state index contributed by atoms with van der Waals surface area (Å²) in [7, 11) is -1.47. The van der Waals surface area contributed by atoms with E-state index >= 15 is 0 Å². The summed E-state index contributed by atoms with van der Waals surface area (Å²) in [6.45, 7) is 14.8. The van der Waals surface area contributed by atoms with E-state index in [2.05, 4.69) is 72.2 Å². The number of morpholine rings is 2. The third-order valence-electron chi connectivity index (χ3n) is 28.4. The van der Waals surface area contributed by atoms with Crippen molar-refractivity contribution in [1.29, 1.82) is 0 Å². The Bertz CT molecular complexity index is 5200. The number of hydrogen-bond donors (Lipinski definition) is 4. The second kappa shape index (κ2) is 36.5. The first kappa shape index (κ1) is 89.0. The van der Waals surface area contributed by atoms with Gasteiger partial charge in [0.15, 0.2) is 0 Å². The first-order valence-corrected chi connectivity index (χ1v) is 48.6. The van der Waals surface area contributed by atoms with Gasteiger partial charge in [0.05, 0.1) is 113 Å². The molecule has 126 heavy (non-hydrogen) atoms. The third-order valence-corrected chi connectivity index (χ3v) is 32.8. The molecule has 6 amide bonds. The Kier molecular flexibility index (Phi) is 25.8. The summed E-state index contributed by atoms with van der Waals surface area (Å²) in [5.74, 6) is -3.38. The molecule has 4 N–H and O–H groups in total. The van der Waals surface area contributed by atoms with Crippen LogP contribution in [0.1, 0.15) is 155 Å². The number of piperazine rings is 2. The predicted molar refractivity (Wildman–Crippen MR) is 477 cm³/mol. The van der Waals surface area contributed by atoms with Crippen LogP contribution in [0.4, 0.5) is 11.4 Å². The highest BCUT2D eigenvalue weighted by Gasteiger charge is 2.53. The molecule has 4 bridgehead atoms. The average molecular weight is 1810 g/mol. The second-order valence-corrected chi connectivity index (χ2v) is 42.1. The van der Waals surface area contributed by atoms with Crippen LogP contribution in [0.3, 0.4) is 0 Å². The zero-order chi connectivity index (χ0) is 88.2. The lowest BCUT2D eigenvalue weighted by Crippen LogP contribution is -2.60. The van der Waals surface area contributed by atoms with Crippen molar-refractivity contribution in [3.63, 3.8) is 0 Å². The van der Waals surface area contributed by atoms with Gasteiger partial charge in [-0.3, -0.25) is 57.4 Å². The number of amides is 6. The number of rotatable bonds is 10. The molecular formula is C92H116Cl2N14O16S2. The van der Waals surface area contributed by atoms with Crippen LogP contribution in [0, 0.1) is 35.5 Å². The summed E-state index contributed by atoms with van der Waals surface area (Å²) in [4.78, 5) is 97.7. The van der Waals surface area contributed by atoms with Crippen molar-refractivity contribution in [2.45, 2.75) is 138 Å². The first-order chi connectivity index (χ1) is 60.5. The molecule has 0 radical (unpaired) electrons. The molecule has 8 aliphatic heterocycles. The van der Waals surface area contributed by atoms with Gasteiger partial charge in [-0.15, -0.1) is 18.9 Å². The number of aryl methyl sites for hydroxylation is 4. The number of nitrogens with one attached hydrogen (secondary N) is 2. The van der Waals surface area contributed by atoms with Crippen LogP contribution < -0.4 is 38.2 Å². The summed E-state index contributed by atoms with van der Waals surface area (Å²) >= 11 is 13.0. The fourth-order valence-corrected chi connectivity index (χ4v) is 25.8. The molecule has 4 saturated heterocycles. The van der Waals surface area contributed by atoms with Gasteiger partial charge >= 0.3 is 0 Å². The molecule has 4 aliphatic carbocycles. The number of halogens is 2. The SMILES string of the molecule is COc1nn(C)cc1C(=O)NS1(=O)=NC(=O)c2ccc3c(c2)N(C[C@@H]2CC[C@H]2[C@@](O)(CC(=O)N2CCN4CCOC[C@@H]4C2)/C=C/C[C@H](C)C1)C[C@@]1(CCCc2cc(Cl)ccc21)CO3.COc1nn(C)cc1C(=O)NS1(=O)=NC(=O)c2ccc3c(c2)N(C[C@@H]2CC[C@H]2[C@](O)(CC(=O)N2CCN4CCOC[C@@H]4C2)/C=C/C[C@H](C)C1)C[C@@]1(CCCc2cc(Cl)ccc21)CO3. The molecule has 2 aromatic heterocycles. The van der Waals surface area contributed by atoms with Crippen LogP contribution in [0.5, 0.6) is 23.3 Å². The van der Waals surface area contributed by atoms with Crippen molar-refractivity contribution in [3.05, 3.63) is 164 Å². The Morgan fingerprint density at radius 1 is 0.563 bits per heavy atom. The maximum absolute atomic E-state index is 14.9. The smallest absolute Gasteiger partial charge is 0.286 e. The number of ether oxygens (including phenoxy) is 6. The van der Waals surface area contributed by atoms with Crippen molar-refractivity contribution in [1.82, 2.24) is 48.6 Å². The minimum absolute atomic E-state index is 0.0140. The van der Waals surface area contributed by atoms with Gasteiger partial charge in [-0.05, 0) is 195 Å². The highest BCUT2D eigenvalue weighted by atomic mass is 35.5.